The van der Waals surface area contributed by atoms with Crippen LogP contribution in [0.25, 0.3) is 0 Å². The minimum atomic E-state index is -0.423. The molecule has 1 aromatic carbocycles. The van der Waals surface area contributed by atoms with E-state index in [0.29, 0.717) is 19.7 Å². The number of hydrogen-bond donors (Lipinski definition) is 2. The lowest BCUT2D eigenvalue weighted by atomic mass is 10.2. The normalized spacial score (nSPS) is 12.2. The van der Waals surface area contributed by atoms with Gasteiger partial charge >= 0.3 is 0 Å². The second-order valence-corrected chi connectivity index (χ2v) is 4.43. The molecule has 0 aliphatic carbocycles. The molecule has 0 amide bonds. The Morgan fingerprint density at radius 2 is 2.16 bits per heavy atom. The fourth-order valence-electron chi connectivity index (χ4n) is 1.78. The monoisotopic (exact) mass is 268 g/mol. The van der Waals surface area contributed by atoms with E-state index in [1.165, 1.54) is 0 Å². The summed E-state index contributed by atoms with van der Waals surface area (Å²) in [5.74, 6) is 0.817. The zero-order chi connectivity index (χ0) is 14.1. The Bertz CT molecular complexity index is 360. The third-order valence-corrected chi connectivity index (χ3v) is 2.84. The molecular formula is C14H24N2O3. The minimum absolute atomic E-state index is 0.423. The molecule has 0 saturated heterocycles. The number of methoxy groups -OCH3 is 2. The lowest BCUT2D eigenvalue weighted by molar-refractivity contribution is 0.164. The third kappa shape index (κ3) is 5.92. The molecule has 5 nitrogen and oxygen atoms in total. The highest BCUT2D eigenvalue weighted by Gasteiger charge is 2.09. The number of ether oxygens (including phenoxy) is 2. The van der Waals surface area contributed by atoms with E-state index in [4.69, 9.17) is 9.47 Å². The van der Waals surface area contributed by atoms with Gasteiger partial charge in [-0.2, -0.15) is 0 Å². The van der Waals surface area contributed by atoms with Gasteiger partial charge in [0, 0.05) is 45.5 Å². The molecule has 2 N–H and O–H groups in total. The number of nitrogens with zero attached hydrogens (tertiary/aromatic N) is 1. The summed E-state index contributed by atoms with van der Waals surface area (Å²) in [6.45, 7) is 2.51. The molecule has 1 unspecified atom stereocenters. The van der Waals surface area contributed by atoms with E-state index in [0.717, 1.165) is 18.0 Å². The van der Waals surface area contributed by atoms with Crippen LogP contribution in [-0.2, 0) is 4.74 Å². The predicted octanol–water partition coefficient (Wildman–Crippen LogP) is 0.728. The van der Waals surface area contributed by atoms with Crippen molar-refractivity contribution in [1.82, 2.24) is 5.32 Å². The van der Waals surface area contributed by atoms with Crippen molar-refractivity contribution in [1.29, 1.82) is 0 Å². The van der Waals surface area contributed by atoms with Gasteiger partial charge in [0.15, 0.2) is 0 Å². The summed E-state index contributed by atoms with van der Waals surface area (Å²) in [7, 11) is 5.26. The van der Waals surface area contributed by atoms with Crippen LogP contribution in [0.3, 0.4) is 0 Å². The van der Waals surface area contributed by atoms with Gasteiger partial charge in [-0.05, 0) is 12.1 Å². The zero-order valence-electron chi connectivity index (χ0n) is 11.9. The summed E-state index contributed by atoms with van der Waals surface area (Å²) in [4.78, 5) is 2.01. The Hall–Kier alpha value is -1.30. The summed E-state index contributed by atoms with van der Waals surface area (Å²) in [6, 6.07) is 7.78. The van der Waals surface area contributed by atoms with Crippen LogP contribution in [0.2, 0.25) is 0 Å². The Kier molecular flexibility index (Phi) is 7.25. The summed E-state index contributed by atoms with van der Waals surface area (Å²) >= 11 is 0. The van der Waals surface area contributed by atoms with Crippen molar-refractivity contribution in [2.75, 3.05) is 52.4 Å². The lowest BCUT2D eigenvalue weighted by Gasteiger charge is -2.23. The molecule has 5 heteroatoms. The van der Waals surface area contributed by atoms with E-state index in [2.05, 4.69) is 5.32 Å². The van der Waals surface area contributed by atoms with Crippen molar-refractivity contribution in [2.45, 2.75) is 6.10 Å². The molecule has 0 saturated carbocycles. The van der Waals surface area contributed by atoms with Crippen molar-refractivity contribution in [3.63, 3.8) is 0 Å². The van der Waals surface area contributed by atoms with Gasteiger partial charge in [0.05, 0.1) is 19.8 Å². The number of anilines is 1. The highest BCUT2D eigenvalue weighted by Crippen LogP contribution is 2.19. The standard InChI is InChI=1S/C14H24N2O3/c1-16(11-13(17)10-15-7-8-18-2)12-5-4-6-14(9-12)19-3/h4-6,9,13,15,17H,7-8,10-11H2,1-3H3. The van der Waals surface area contributed by atoms with Gasteiger partial charge in [0.2, 0.25) is 0 Å². The van der Waals surface area contributed by atoms with Gasteiger partial charge in [0.25, 0.3) is 0 Å². The van der Waals surface area contributed by atoms with Crippen LogP contribution in [0.5, 0.6) is 5.75 Å². The Balaban J connectivity index is 2.38. The van der Waals surface area contributed by atoms with Crippen molar-refractivity contribution in [2.24, 2.45) is 0 Å². The van der Waals surface area contributed by atoms with Crippen LogP contribution in [-0.4, -0.2) is 58.7 Å². The number of hydrogen-bond acceptors (Lipinski definition) is 5. The van der Waals surface area contributed by atoms with Crippen LogP contribution < -0.4 is 15.0 Å². The highest BCUT2D eigenvalue weighted by molar-refractivity contribution is 5.50. The molecule has 1 atom stereocenters. The van der Waals surface area contributed by atoms with Gasteiger partial charge in [-0.1, -0.05) is 6.07 Å². The van der Waals surface area contributed by atoms with Gasteiger partial charge in [-0.25, -0.2) is 0 Å². The van der Waals surface area contributed by atoms with E-state index >= 15 is 0 Å². The predicted molar refractivity (Wildman–Crippen MR) is 77.0 cm³/mol. The van der Waals surface area contributed by atoms with Crippen LogP contribution in [0.4, 0.5) is 5.69 Å². The quantitative estimate of drug-likeness (QED) is 0.647. The molecule has 1 rings (SSSR count). The van der Waals surface area contributed by atoms with Crippen molar-refractivity contribution in [3.8, 4) is 5.75 Å². The molecule has 0 heterocycles. The van der Waals surface area contributed by atoms with E-state index in [1.54, 1.807) is 14.2 Å². The molecule has 108 valence electrons. The third-order valence-electron chi connectivity index (χ3n) is 2.84. The van der Waals surface area contributed by atoms with Crippen LogP contribution >= 0.6 is 0 Å². The fraction of sp³-hybridized carbons (Fsp3) is 0.571. The summed E-state index contributed by atoms with van der Waals surface area (Å²) in [6.07, 6.45) is -0.423. The van der Waals surface area contributed by atoms with Gasteiger partial charge < -0.3 is 24.8 Å². The molecule has 1 aromatic rings. The first-order valence-electron chi connectivity index (χ1n) is 6.40. The molecule has 0 aliphatic rings. The highest BCUT2D eigenvalue weighted by atomic mass is 16.5. The van der Waals surface area contributed by atoms with Crippen molar-refractivity contribution < 1.29 is 14.6 Å². The van der Waals surface area contributed by atoms with E-state index in [-0.39, 0.29) is 0 Å². The van der Waals surface area contributed by atoms with E-state index in [9.17, 15) is 5.11 Å². The number of nitrogens with one attached hydrogen (secondary N) is 1. The summed E-state index contributed by atoms with van der Waals surface area (Å²) in [5, 5.41) is 13.1. The first-order chi connectivity index (χ1) is 9.17. The molecule has 0 aliphatic heterocycles. The Morgan fingerprint density at radius 1 is 1.37 bits per heavy atom. The van der Waals surface area contributed by atoms with Crippen molar-refractivity contribution >= 4 is 5.69 Å². The number of benzene rings is 1. The summed E-state index contributed by atoms with van der Waals surface area (Å²) in [5.41, 5.74) is 1.02. The van der Waals surface area contributed by atoms with Crippen LogP contribution in [0.15, 0.2) is 24.3 Å². The van der Waals surface area contributed by atoms with E-state index < -0.39 is 6.10 Å². The molecule has 0 fully saturated rings. The second kappa shape index (κ2) is 8.74. The first kappa shape index (κ1) is 15.8. The van der Waals surface area contributed by atoms with Gasteiger partial charge in [-0.3, -0.25) is 0 Å². The first-order valence-corrected chi connectivity index (χ1v) is 6.40. The number of aliphatic hydroxyl groups excluding tert-OH is 1. The molecule has 0 bridgehead atoms. The fourth-order valence-corrected chi connectivity index (χ4v) is 1.78. The molecule has 0 radical (unpaired) electrons. The number of rotatable bonds is 9. The Labute approximate surface area is 115 Å². The van der Waals surface area contributed by atoms with E-state index in [1.807, 2.05) is 36.2 Å². The maximum absolute atomic E-state index is 9.93. The average Bonchev–Trinajstić information content (AvgIpc) is 2.43. The maximum Gasteiger partial charge on any atom is 0.120 e. The van der Waals surface area contributed by atoms with Crippen LogP contribution in [0, 0.1) is 0 Å². The minimum Gasteiger partial charge on any atom is -0.497 e. The second-order valence-electron chi connectivity index (χ2n) is 4.43. The molecule has 19 heavy (non-hydrogen) atoms. The topological polar surface area (TPSA) is 54.0 Å². The molecule has 0 spiro atoms. The Morgan fingerprint density at radius 3 is 2.84 bits per heavy atom. The average molecular weight is 268 g/mol. The maximum atomic E-state index is 9.93. The van der Waals surface area contributed by atoms with Gasteiger partial charge in [0.1, 0.15) is 5.75 Å². The summed E-state index contributed by atoms with van der Waals surface area (Å²) < 4.78 is 10.1. The number of likely N-dealkylation sites (N-methyl/N-ethyl adjacent to an activating group) is 1. The smallest absolute Gasteiger partial charge is 0.120 e. The van der Waals surface area contributed by atoms with Crippen LogP contribution in [0.1, 0.15) is 0 Å². The number of aliphatic hydroxyl groups is 1. The zero-order valence-corrected chi connectivity index (χ0v) is 11.9. The lowest BCUT2D eigenvalue weighted by Crippen LogP contribution is -2.37. The molecular weight excluding hydrogens is 244 g/mol. The van der Waals surface area contributed by atoms with Crippen molar-refractivity contribution in [3.05, 3.63) is 24.3 Å². The SMILES string of the molecule is COCCNCC(O)CN(C)c1cccc(OC)c1. The largest absolute Gasteiger partial charge is 0.497 e. The molecule has 0 aromatic heterocycles. The van der Waals surface area contributed by atoms with Gasteiger partial charge in [-0.15, -0.1) is 0 Å².